The molecule has 0 radical (unpaired) electrons. The van der Waals surface area contributed by atoms with Crippen LogP contribution in [0.3, 0.4) is 0 Å². The third-order valence-corrected chi connectivity index (χ3v) is 3.16. The van der Waals surface area contributed by atoms with Crippen LogP contribution in [0.15, 0.2) is 18.2 Å². The molecule has 1 aliphatic rings. The monoisotopic (exact) mass is 218 g/mol. The first kappa shape index (κ1) is 11.6. The minimum absolute atomic E-state index is 0.246. The van der Waals surface area contributed by atoms with E-state index in [1.165, 1.54) is 16.7 Å². The molecular weight excluding hydrogens is 196 g/mol. The van der Waals surface area contributed by atoms with Crippen LogP contribution in [0.1, 0.15) is 30.5 Å². The fourth-order valence-electron chi connectivity index (χ4n) is 2.35. The van der Waals surface area contributed by atoms with Gasteiger partial charge in [-0.05, 0) is 51.1 Å². The van der Waals surface area contributed by atoms with Crippen LogP contribution in [0.25, 0.3) is 0 Å². The highest BCUT2D eigenvalue weighted by Gasteiger charge is 2.24. The minimum Gasteiger partial charge on any atom is -0.307 e. The Kier molecular flexibility index (Phi) is 3.04. The van der Waals surface area contributed by atoms with Gasteiger partial charge < -0.3 is 10.2 Å². The Morgan fingerprint density at radius 3 is 2.69 bits per heavy atom. The smallest absolute Gasteiger partial charge is 0.0227 e. The van der Waals surface area contributed by atoms with Crippen LogP contribution in [0.4, 0.5) is 0 Å². The normalized spacial score (nSPS) is 18.6. The predicted molar refractivity (Wildman–Crippen MR) is 68.5 cm³/mol. The number of hydrogen-bond donors (Lipinski definition) is 1. The molecule has 1 N–H and O–H groups in total. The molecule has 0 aromatic heterocycles. The van der Waals surface area contributed by atoms with Crippen LogP contribution in [0.2, 0.25) is 0 Å². The van der Waals surface area contributed by atoms with E-state index in [9.17, 15) is 0 Å². The molecule has 16 heavy (non-hydrogen) atoms. The minimum atomic E-state index is 0.246. The zero-order valence-electron chi connectivity index (χ0n) is 10.8. The lowest BCUT2D eigenvalue weighted by Gasteiger charge is -2.33. The Morgan fingerprint density at radius 2 is 2.00 bits per heavy atom. The van der Waals surface area contributed by atoms with Gasteiger partial charge >= 0.3 is 0 Å². The first-order valence-corrected chi connectivity index (χ1v) is 5.97. The molecule has 0 saturated carbocycles. The third-order valence-electron chi connectivity index (χ3n) is 3.16. The van der Waals surface area contributed by atoms with Crippen molar-refractivity contribution in [1.29, 1.82) is 0 Å². The van der Waals surface area contributed by atoms with E-state index in [2.05, 4.69) is 56.4 Å². The van der Waals surface area contributed by atoms with E-state index >= 15 is 0 Å². The van der Waals surface area contributed by atoms with Gasteiger partial charge in [-0.1, -0.05) is 18.2 Å². The van der Waals surface area contributed by atoms with Gasteiger partial charge in [-0.3, -0.25) is 0 Å². The van der Waals surface area contributed by atoms with Crippen molar-refractivity contribution in [1.82, 2.24) is 10.2 Å². The van der Waals surface area contributed by atoms with Crippen molar-refractivity contribution in [3.05, 3.63) is 34.9 Å². The average molecular weight is 218 g/mol. The second-order valence-electron chi connectivity index (χ2n) is 5.76. The fourth-order valence-corrected chi connectivity index (χ4v) is 2.35. The summed E-state index contributed by atoms with van der Waals surface area (Å²) < 4.78 is 0. The zero-order chi connectivity index (χ0) is 11.8. The first-order chi connectivity index (χ1) is 7.46. The second-order valence-corrected chi connectivity index (χ2v) is 5.76. The molecule has 1 aromatic carbocycles. The Labute approximate surface area is 98.7 Å². The summed E-state index contributed by atoms with van der Waals surface area (Å²) >= 11 is 0. The number of benzene rings is 1. The van der Waals surface area contributed by atoms with E-state index in [1.807, 2.05) is 0 Å². The molecule has 0 fully saturated rings. The van der Waals surface area contributed by atoms with Gasteiger partial charge in [0.2, 0.25) is 0 Å². The van der Waals surface area contributed by atoms with E-state index in [0.29, 0.717) is 0 Å². The lowest BCUT2D eigenvalue weighted by molar-refractivity contribution is 0.361. The van der Waals surface area contributed by atoms with Gasteiger partial charge in [0.05, 0.1) is 0 Å². The van der Waals surface area contributed by atoms with Gasteiger partial charge in [0.1, 0.15) is 0 Å². The second kappa shape index (κ2) is 4.19. The van der Waals surface area contributed by atoms with E-state index in [0.717, 1.165) is 19.5 Å². The first-order valence-electron chi connectivity index (χ1n) is 5.97. The number of fused-ring (bicyclic) bond motifs is 1. The third kappa shape index (κ3) is 2.63. The summed E-state index contributed by atoms with van der Waals surface area (Å²) in [5.74, 6) is 0. The average Bonchev–Trinajstić information content (AvgIpc) is 2.16. The number of nitrogens with one attached hydrogen (secondary N) is 1. The van der Waals surface area contributed by atoms with Crippen molar-refractivity contribution in [2.75, 3.05) is 14.1 Å². The number of nitrogens with zero attached hydrogens (tertiary/aromatic N) is 1. The molecule has 2 rings (SSSR count). The molecule has 1 heterocycles. The number of hydrogen-bond acceptors (Lipinski definition) is 2. The number of rotatable bonds is 2. The van der Waals surface area contributed by atoms with Gasteiger partial charge in [0.15, 0.2) is 0 Å². The summed E-state index contributed by atoms with van der Waals surface area (Å²) in [7, 11) is 4.22. The van der Waals surface area contributed by atoms with Gasteiger partial charge in [0, 0.05) is 18.6 Å². The molecule has 0 saturated heterocycles. The maximum atomic E-state index is 3.58. The molecular formula is C14H22N2. The largest absolute Gasteiger partial charge is 0.307 e. The maximum absolute atomic E-state index is 3.58. The summed E-state index contributed by atoms with van der Waals surface area (Å²) in [4.78, 5) is 2.21. The molecule has 2 heteroatoms. The molecule has 0 spiro atoms. The van der Waals surface area contributed by atoms with Crippen LogP contribution < -0.4 is 5.32 Å². The molecule has 88 valence electrons. The van der Waals surface area contributed by atoms with E-state index in [1.54, 1.807) is 0 Å². The van der Waals surface area contributed by atoms with Crippen LogP contribution >= 0.6 is 0 Å². The Hall–Kier alpha value is -0.860. The zero-order valence-corrected chi connectivity index (χ0v) is 10.8. The van der Waals surface area contributed by atoms with E-state index < -0.39 is 0 Å². The highest BCUT2D eigenvalue weighted by Crippen LogP contribution is 2.23. The van der Waals surface area contributed by atoms with Crippen LogP contribution in [0, 0.1) is 0 Å². The maximum Gasteiger partial charge on any atom is 0.0227 e. The summed E-state index contributed by atoms with van der Waals surface area (Å²) in [5, 5.41) is 3.58. The standard InChI is InChI=1S/C14H22N2/c1-14(2)8-12-6-5-11(10-16(3)4)7-13(12)9-15-14/h5-7,15H,8-10H2,1-4H3. The van der Waals surface area contributed by atoms with E-state index in [4.69, 9.17) is 0 Å². The lowest BCUT2D eigenvalue weighted by Crippen LogP contribution is -2.44. The van der Waals surface area contributed by atoms with Crippen molar-refractivity contribution < 1.29 is 0 Å². The van der Waals surface area contributed by atoms with E-state index in [-0.39, 0.29) is 5.54 Å². The van der Waals surface area contributed by atoms with Crippen molar-refractivity contribution in [2.45, 2.75) is 38.9 Å². The van der Waals surface area contributed by atoms with Crippen LogP contribution in [-0.2, 0) is 19.5 Å². The molecule has 1 aromatic rings. The predicted octanol–water partition coefficient (Wildman–Crippen LogP) is 2.17. The quantitative estimate of drug-likeness (QED) is 0.818. The fraction of sp³-hybridized carbons (Fsp3) is 0.571. The van der Waals surface area contributed by atoms with Crippen molar-refractivity contribution in [3.8, 4) is 0 Å². The van der Waals surface area contributed by atoms with Gasteiger partial charge in [-0.2, -0.15) is 0 Å². The van der Waals surface area contributed by atoms with Crippen LogP contribution in [0.5, 0.6) is 0 Å². The molecule has 0 atom stereocenters. The highest BCUT2D eigenvalue weighted by molar-refractivity contribution is 5.35. The van der Waals surface area contributed by atoms with Crippen LogP contribution in [-0.4, -0.2) is 24.5 Å². The summed E-state index contributed by atoms with van der Waals surface area (Å²) in [6.07, 6.45) is 1.13. The Bertz CT molecular complexity index is 380. The molecule has 2 nitrogen and oxygen atoms in total. The summed E-state index contributed by atoms with van der Waals surface area (Å²) in [5.41, 5.74) is 4.63. The van der Waals surface area contributed by atoms with Crippen molar-refractivity contribution in [3.63, 3.8) is 0 Å². The molecule has 1 aliphatic heterocycles. The topological polar surface area (TPSA) is 15.3 Å². The highest BCUT2D eigenvalue weighted by atomic mass is 15.0. The van der Waals surface area contributed by atoms with Gasteiger partial charge in [-0.25, -0.2) is 0 Å². The molecule has 0 amide bonds. The summed E-state index contributed by atoms with van der Waals surface area (Å²) in [6, 6.07) is 6.91. The molecule has 0 bridgehead atoms. The molecule has 0 aliphatic carbocycles. The SMILES string of the molecule is CN(C)Cc1ccc2c(c1)CNC(C)(C)C2. The van der Waals surface area contributed by atoms with Crippen molar-refractivity contribution >= 4 is 0 Å². The lowest BCUT2D eigenvalue weighted by atomic mass is 9.87. The van der Waals surface area contributed by atoms with Gasteiger partial charge in [-0.15, -0.1) is 0 Å². The van der Waals surface area contributed by atoms with Gasteiger partial charge in [0.25, 0.3) is 0 Å². The Morgan fingerprint density at radius 1 is 1.25 bits per heavy atom. The van der Waals surface area contributed by atoms with Crippen molar-refractivity contribution in [2.24, 2.45) is 0 Å². The molecule has 0 unspecified atom stereocenters. The Balaban J connectivity index is 2.21. The summed E-state index contributed by atoms with van der Waals surface area (Å²) in [6.45, 7) is 6.56.